The summed E-state index contributed by atoms with van der Waals surface area (Å²) in [6.45, 7) is 2.66. The maximum Gasteiger partial charge on any atom is 0.271 e. The molecule has 0 amide bonds. The lowest BCUT2D eigenvalue weighted by atomic mass is 10.0. The summed E-state index contributed by atoms with van der Waals surface area (Å²) < 4.78 is 15.2. The van der Waals surface area contributed by atoms with Gasteiger partial charge in [0.2, 0.25) is 0 Å². The summed E-state index contributed by atoms with van der Waals surface area (Å²) in [6, 6.07) is 8.95. The summed E-state index contributed by atoms with van der Waals surface area (Å²) in [4.78, 5) is 10.8. The zero-order valence-electron chi connectivity index (χ0n) is 15.2. The van der Waals surface area contributed by atoms with Crippen molar-refractivity contribution in [2.75, 3.05) is 11.9 Å². The third kappa shape index (κ3) is 3.22. The molecule has 1 aliphatic rings. The van der Waals surface area contributed by atoms with Gasteiger partial charge in [0.15, 0.2) is 0 Å². The molecule has 1 N–H and O–H groups in total. The van der Waals surface area contributed by atoms with E-state index in [1.807, 2.05) is 6.92 Å². The standard InChI is InChI=1S/C20H18ClFN4O2/c1-12-5-7-14(26(27)28)11-18(12)25-20-16(4-2-3-9-23-20)19(24-25)15-8-6-13(22)10-17(15)21/h5-8,10-11,23H,2-4,9H2,1H3. The number of aromatic nitrogens is 2. The van der Waals surface area contributed by atoms with Crippen molar-refractivity contribution in [1.29, 1.82) is 0 Å². The molecule has 6 nitrogen and oxygen atoms in total. The Labute approximate surface area is 166 Å². The van der Waals surface area contributed by atoms with Crippen LogP contribution in [0.3, 0.4) is 0 Å². The van der Waals surface area contributed by atoms with Crippen LogP contribution in [0.1, 0.15) is 24.0 Å². The van der Waals surface area contributed by atoms with Gasteiger partial charge < -0.3 is 5.32 Å². The van der Waals surface area contributed by atoms with Gasteiger partial charge in [-0.2, -0.15) is 5.10 Å². The molecule has 2 heterocycles. The molecule has 0 aliphatic carbocycles. The Morgan fingerprint density at radius 3 is 2.82 bits per heavy atom. The van der Waals surface area contributed by atoms with E-state index in [2.05, 4.69) is 5.32 Å². The SMILES string of the molecule is Cc1ccc([N+](=O)[O-])cc1-n1nc(-c2ccc(F)cc2Cl)c2c1NCCCC2. The number of benzene rings is 2. The van der Waals surface area contributed by atoms with Gasteiger partial charge in [-0.3, -0.25) is 10.1 Å². The van der Waals surface area contributed by atoms with Gasteiger partial charge in [-0.15, -0.1) is 0 Å². The van der Waals surface area contributed by atoms with Crippen LogP contribution in [-0.2, 0) is 6.42 Å². The molecule has 1 aliphatic heterocycles. The summed E-state index contributed by atoms with van der Waals surface area (Å²) in [5.41, 5.74) is 3.78. The van der Waals surface area contributed by atoms with Crippen molar-refractivity contribution in [2.24, 2.45) is 0 Å². The molecule has 0 fully saturated rings. The third-order valence-corrected chi connectivity index (χ3v) is 5.26. The summed E-state index contributed by atoms with van der Waals surface area (Å²) >= 11 is 6.30. The number of nitro benzene ring substituents is 1. The fourth-order valence-corrected chi connectivity index (χ4v) is 3.77. The van der Waals surface area contributed by atoms with Crippen LogP contribution in [0.4, 0.5) is 15.9 Å². The summed E-state index contributed by atoms with van der Waals surface area (Å²) in [5, 5.41) is 19.7. The van der Waals surface area contributed by atoms with Gasteiger partial charge in [-0.05, 0) is 49.9 Å². The predicted molar refractivity (Wildman–Crippen MR) is 107 cm³/mol. The van der Waals surface area contributed by atoms with Crippen LogP contribution < -0.4 is 5.32 Å². The minimum atomic E-state index is -0.420. The normalized spacial score (nSPS) is 13.5. The lowest BCUT2D eigenvalue weighted by Gasteiger charge is -2.11. The Kier molecular flexibility index (Phi) is 4.77. The molecule has 0 spiro atoms. The lowest BCUT2D eigenvalue weighted by molar-refractivity contribution is -0.384. The predicted octanol–water partition coefficient (Wildman–Crippen LogP) is 5.30. The van der Waals surface area contributed by atoms with E-state index in [1.165, 1.54) is 24.3 Å². The molecular formula is C20H18ClFN4O2. The number of rotatable bonds is 3. The van der Waals surface area contributed by atoms with Crippen LogP contribution in [0, 0.1) is 22.9 Å². The number of nitrogens with zero attached hydrogens (tertiary/aromatic N) is 3. The number of hydrogen-bond acceptors (Lipinski definition) is 4. The fourth-order valence-electron chi connectivity index (χ4n) is 3.51. The first kappa shape index (κ1) is 18.4. The van der Waals surface area contributed by atoms with E-state index >= 15 is 0 Å². The van der Waals surface area contributed by atoms with Crippen LogP contribution in [0.25, 0.3) is 16.9 Å². The number of halogens is 2. The van der Waals surface area contributed by atoms with Crippen molar-refractivity contribution in [2.45, 2.75) is 26.2 Å². The second kappa shape index (κ2) is 7.24. The molecule has 144 valence electrons. The molecular weight excluding hydrogens is 383 g/mol. The highest BCUT2D eigenvalue weighted by Gasteiger charge is 2.24. The lowest BCUT2D eigenvalue weighted by Crippen LogP contribution is -2.08. The molecule has 0 saturated carbocycles. The van der Waals surface area contributed by atoms with Crippen molar-refractivity contribution in [3.63, 3.8) is 0 Å². The van der Waals surface area contributed by atoms with E-state index in [-0.39, 0.29) is 10.7 Å². The van der Waals surface area contributed by atoms with Gasteiger partial charge in [0, 0.05) is 29.8 Å². The highest BCUT2D eigenvalue weighted by atomic mass is 35.5. The number of nitro groups is 1. The van der Waals surface area contributed by atoms with Gasteiger partial charge in [-0.1, -0.05) is 17.7 Å². The van der Waals surface area contributed by atoms with Gasteiger partial charge >= 0.3 is 0 Å². The maximum atomic E-state index is 13.5. The van der Waals surface area contributed by atoms with Crippen molar-refractivity contribution >= 4 is 23.1 Å². The van der Waals surface area contributed by atoms with Crippen molar-refractivity contribution < 1.29 is 9.31 Å². The molecule has 0 unspecified atom stereocenters. The average molecular weight is 401 g/mol. The number of nitrogens with one attached hydrogen (secondary N) is 1. The van der Waals surface area contributed by atoms with Gasteiger partial charge in [0.05, 0.1) is 21.3 Å². The van der Waals surface area contributed by atoms with E-state index in [9.17, 15) is 14.5 Å². The van der Waals surface area contributed by atoms with Crippen molar-refractivity contribution in [1.82, 2.24) is 9.78 Å². The number of non-ortho nitro benzene ring substituents is 1. The minimum Gasteiger partial charge on any atom is -0.370 e. The van der Waals surface area contributed by atoms with E-state index in [1.54, 1.807) is 16.8 Å². The Hall–Kier alpha value is -2.93. The molecule has 2 aromatic carbocycles. The molecule has 0 bridgehead atoms. The van der Waals surface area contributed by atoms with E-state index < -0.39 is 10.7 Å². The topological polar surface area (TPSA) is 73.0 Å². The van der Waals surface area contributed by atoms with Crippen molar-refractivity contribution in [3.05, 3.63) is 68.5 Å². The van der Waals surface area contributed by atoms with E-state index in [0.717, 1.165) is 42.8 Å². The first-order valence-corrected chi connectivity index (χ1v) is 9.40. The molecule has 0 radical (unpaired) electrons. The number of hydrogen-bond donors (Lipinski definition) is 1. The van der Waals surface area contributed by atoms with Crippen LogP contribution in [0.2, 0.25) is 5.02 Å². The first-order chi connectivity index (χ1) is 13.5. The molecule has 4 rings (SSSR count). The summed E-state index contributed by atoms with van der Waals surface area (Å²) in [7, 11) is 0. The van der Waals surface area contributed by atoms with Crippen LogP contribution in [-0.4, -0.2) is 21.2 Å². The third-order valence-electron chi connectivity index (χ3n) is 4.95. The quantitative estimate of drug-likeness (QED) is 0.478. The molecule has 3 aromatic rings. The van der Waals surface area contributed by atoms with Crippen LogP contribution in [0.5, 0.6) is 0 Å². The zero-order chi connectivity index (χ0) is 19.8. The number of fused-ring (bicyclic) bond motifs is 1. The molecule has 8 heteroatoms. The monoisotopic (exact) mass is 400 g/mol. The van der Waals surface area contributed by atoms with E-state index in [4.69, 9.17) is 16.7 Å². The molecule has 1 aromatic heterocycles. The molecule has 28 heavy (non-hydrogen) atoms. The Bertz CT molecular complexity index is 1080. The van der Waals surface area contributed by atoms with Gasteiger partial charge in [-0.25, -0.2) is 9.07 Å². The number of aryl methyl sites for hydroxylation is 1. The van der Waals surface area contributed by atoms with Crippen molar-refractivity contribution in [3.8, 4) is 16.9 Å². The van der Waals surface area contributed by atoms with Crippen LogP contribution in [0.15, 0.2) is 36.4 Å². The highest BCUT2D eigenvalue weighted by molar-refractivity contribution is 6.33. The van der Waals surface area contributed by atoms with E-state index in [0.29, 0.717) is 16.9 Å². The smallest absolute Gasteiger partial charge is 0.271 e. The van der Waals surface area contributed by atoms with Gasteiger partial charge in [0.1, 0.15) is 11.6 Å². The largest absolute Gasteiger partial charge is 0.370 e. The fraction of sp³-hybridized carbons (Fsp3) is 0.250. The second-order valence-corrected chi connectivity index (χ2v) is 7.23. The summed E-state index contributed by atoms with van der Waals surface area (Å²) in [5.74, 6) is 0.392. The first-order valence-electron chi connectivity index (χ1n) is 9.02. The molecule has 0 saturated heterocycles. The zero-order valence-corrected chi connectivity index (χ0v) is 16.0. The Morgan fingerprint density at radius 1 is 1.25 bits per heavy atom. The average Bonchev–Trinajstić information content (AvgIpc) is 2.84. The number of anilines is 1. The minimum absolute atomic E-state index is 0.000151. The van der Waals surface area contributed by atoms with Gasteiger partial charge in [0.25, 0.3) is 5.69 Å². The molecule has 0 atom stereocenters. The Balaban J connectivity index is 1.96. The second-order valence-electron chi connectivity index (χ2n) is 6.82. The Morgan fingerprint density at radius 2 is 2.07 bits per heavy atom. The maximum absolute atomic E-state index is 13.5. The highest BCUT2D eigenvalue weighted by Crippen LogP contribution is 2.38. The summed E-state index contributed by atoms with van der Waals surface area (Å²) in [6.07, 6.45) is 2.77. The van der Waals surface area contributed by atoms with Crippen LogP contribution >= 0.6 is 11.6 Å².